The Morgan fingerprint density at radius 2 is 2.26 bits per heavy atom. The van der Waals surface area contributed by atoms with Gasteiger partial charge in [0.2, 0.25) is 5.95 Å². The Hall–Kier alpha value is -2.09. The van der Waals surface area contributed by atoms with E-state index in [9.17, 15) is 8.78 Å². The zero-order chi connectivity index (χ0) is 16.4. The fraction of sp³-hybridized carbons (Fsp3) is 0.533. The number of alkyl halides is 2. The van der Waals surface area contributed by atoms with Crippen molar-refractivity contribution < 1.29 is 8.78 Å². The Balaban J connectivity index is 1.60. The van der Waals surface area contributed by atoms with Gasteiger partial charge in [-0.15, -0.1) is 0 Å². The lowest BCUT2D eigenvalue weighted by Crippen LogP contribution is -2.27. The highest BCUT2D eigenvalue weighted by atomic mass is 19.3. The Bertz CT molecular complexity index is 672. The summed E-state index contributed by atoms with van der Waals surface area (Å²) in [5.74, 6) is 0.617. The number of hydrogen-bond acceptors (Lipinski definition) is 5. The first-order valence-electron chi connectivity index (χ1n) is 7.60. The molecule has 0 bridgehead atoms. The molecule has 1 aliphatic rings. The van der Waals surface area contributed by atoms with E-state index in [0.717, 1.165) is 25.2 Å². The molecule has 23 heavy (non-hydrogen) atoms. The predicted molar refractivity (Wildman–Crippen MR) is 82.2 cm³/mol. The molecule has 1 atom stereocenters. The fourth-order valence-corrected chi connectivity index (χ4v) is 2.90. The van der Waals surface area contributed by atoms with Crippen LogP contribution in [0, 0.1) is 6.92 Å². The molecule has 6 nitrogen and oxygen atoms in total. The summed E-state index contributed by atoms with van der Waals surface area (Å²) in [6.45, 7) is 4.03. The normalized spacial score (nSPS) is 18.7. The molecule has 1 aliphatic heterocycles. The highest BCUT2D eigenvalue weighted by Gasteiger charge is 2.26. The number of likely N-dealkylation sites (tertiary alicyclic amines) is 1. The number of halogens is 2. The molecule has 0 amide bonds. The second kappa shape index (κ2) is 6.57. The van der Waals surface area contributed by atoms with Crippen molar-refractivity contribution in [2.45, 2.75) is 32.4 Å². The molecular weight excluding hydrogens is 302 g/mol. The molecule has 2 aromatic rings. The second-order valence-electron chi connectivity index (χ2n) is 5.90. The molecule has 8 heteroatoms. The van der Waals surface area contributed by atoms with Crippen LogP contribution < -0.4 is 5.32 Å². The molecule has 1 fully saturated rings. The van der Waals surface area contributed by atoms with Crippen molar-refractivity contribution in [1.29, 1.82) is 0 Å². The maximum Gasteiger partial charge on any atom is 0.282 e. The van der Waals surface area contributed by atoms with Gasteiger partial charge in [0.05, 0.1) is 0 Å². The summed E-state index contributed by atoms with van der Waals surface area (Å²) in [6, 6.07) is 2.07. The summed E-state index contributed by atoms with van der Waals surface area (Å²) < 4.78 is 27.4. The van der Waals surface area contributed by atoms with Crippen LogP contribution in [0.4, 0.5) is 14.7 Å². The van der Waals surface area contributed by atoms with Gasteiger partial charge < -0.3 is 5.32 Å². The summed E-state index contributed by atoms with van der Waals surface area (Å²) in [7, 11) is 1.67. The van der Waals surface area contributed by atoms with Crippen LogP contribution in [0.5, 0.6) is 0 Å². The summed E-state index contributed by atoms with van der Waals surface area (Å²) in [4.78, 5) is 10.7. The van der Waals surface area contributed by atoms with Crippen molar-refractivity contribution in [3.63, 3.8) is 0 Å². The summed E-state index contributed by atoms with van der Waals surface area (Å²) in [6.07, 6.45) is 1.79. The quantitative estimate of drug-likeness (QED) is 0.914. The zero-order valence-electron chi connectivity index (χ0n) is 13.2. The van der Waals surface area contributed by atoms with E-state index in [1.165, 1.54) is 4.68 Å². The summed E-state index contributed by atoms with van der Waals surface area (Å²) >= 11 is 0. The molecule has 1 unspecified atom stereocenters. The van der Waals surface area contributed by atoms with Crippen LogP contribution in [-0.4, -0.2) is 43.8 Å². The van der Waals surface area contributed by atoms with E-state index in [4.69, 9.17) is 0 Å². The van der Waals surface area contributed by atoms with Crippen LogP contribution in [0.25, 0.3) is 0 Å². The number of aromatic nitrogens is 4. The maximum atomic E-state index is 13.0. The number of rotatable bonds is 5. The van der Waals surface area contributed by atoms with Crippen molar-refractivity contribution in [2.75, 3.05) is 18.4 Å². The smallest absolute Gasteiger partial charge is 0.282 e. The molecule has 0 radical (unpaired) electrons. The third-order valence-corrected chi connectivity index (χ3v) is 3.94. The molecule has 3 heterocycles. The first-order valence-corrected chi connectivity index (χ1v) is 7.60. The first kappa shape index (κ1) is 15.8. The lowest BCUT2D eigenvalue weighted by atomic mass is 10.2. The van der Waals surface area contributed by atoms with Gasteiger partial charge in [0, 0.05) is 56.4 Å². The molecule has 124 valence electrons. The van der Waals surface area contributed by atoms with Gasteiger partial charge in [0.25, 0.3) is 6.43 Å². The first-order chi connectivity index (χ1) is 11.0. The number of aryl methyl sites for hydroxylation is 2. The highest BCUT2D eigenvalue weighted by molar-refractivity contribution is 5.27. The second-order valence-corrected chi connectivity index (χ2v) is 5.90. The minimum atomic E-state index is -2.54. The Morgan fingerprint density at radius 3 is 3.00 bits per heavy atom. The number of anilines is 1. The van der Waals surface area contributed by atoms with Gasteiger partial charge in [-0.1, -0.05) is 0 Å². The van der Waals surface area contributed by atoms with Crippen LogP contribution in [0.3, 0.4) is 0 Å². The predicted octanol–water partition coefficient (Wildman–Crippen LogP) is 2.14. The Morgan fingerprint density at radius 1 is 1.43 bits per heavy atom. The molecule has 0 aromatic carbocycles. The lowest BCUT2D eigenvalue weighted by molar-refractivity contribution is 0.143. The number of nitrogens with one attached hydrogen (secondary N) is 1. The Labute approximate surface area is 133 Å². The van der Waals surface area contributed by atoms with Crippen LogP contribution >= 0.6 is 0 Å². The van der Waals surface area contributed by atoms with E-state index >= 15 is 0 Å². The van der Waals surface area contributed by atoms with E-state index in [0.29, 0.717) is 18.1 Å². The van der Waals surface area contributed by atoms with Gasteiger partial charge in [-0.25, -0.2) is 18.7 Å². The van der Waals surface area contributed by atoms with Gasteiger partial charge >= 0.3 is 0 Å². The molecule has 0 spiro atoms. The van der Waals surface area contributed by atoms with E-state index in [1.54, 1.807) is 19.4 Å². The molecule has 2 aromatic heterocycles. The monoisotopic (exact) mass is 322 g/mol. The summed E-state index contributed by atoms with van der Waals surface area (Å²) in [5.41, 5.74) is 1.38. The van der Waals surface area contributed by atoms with Gasteiger partial charge in [-0.3, -0.25) is 9.58 Å². The topological polar surface area (TPSA) is 58.9 Å². The third kappa shape index (κ3) is 3.82. The largest absolute Gasteiger partial charge is 0.350 e. The minimum absolute atomic E-state index is 0.120. The maximum absolute atomic E-state index is 13.0. The van der Waals surface area contributed by atoms with E-state index in [2.05, 4.69) is 25.3 Å². The van der Waals surface area contributed by atoms with Crippen molar-refractivity contribution in [2.24, 2.45) is 7.05 Å². The molecule has 3 rings (SSSR count). The Kier molecular flexibility index (Phi) is 4.51. The number of nitrogens with zero attached hydrogens (tertiary/aromatic N) is 5. The SMILES string of the molecule is Cc1ccnc(NC2CCN(Cc3cn(C)nc3C(F)F)C2)n1. The zero-order valence-corrected chi connectivity index (χ0v) is 13.2. The molecule has 1 N–H and O–H groups in total. The number of hydrogen-bond donors (Lipinski definition) is 1. The van der Waals surface area contributed by atoms with Gasteiger partial charge in [-0.05, 0) is 19.4 Å². The van der Waals surface area contributed by atoms with Crippen LogP contribution in [0.1, 0.15) is 29.8 Å². The summed E-state index contributed by atoms with van der Waals surface area (Å²) in [5, 5.41) is 7.16. The highest BCUT2D eigenvalue weighted by Crippen LogP contribution is 2.24. The average molecular weight is 322 g/mol. The van der Waals surface area contributed by atoms with E-state index in [-0.39, 0.29) is 11.7 Å². The van der Waals surface area contributed by atoms with Crippen molar-refractivity contribution >= 4 is 5.95 Å². The van der Waals surface area contributed by atoms with Crippen LogP contribution in [0.15, 0.2) is 18.5 Å². The van der Waals surface area contributed by atoms with Crippen molar-refractivity contribution in [3.8, 4) is 0 Å². The molecule has 0 aliphatic carbocycles. The fourth-order valence-electron chi connectivity index (χ4n) is 2.90. The molecule has 0 saturated carbocycles. The third-order valence-electron chi connectivity index (χ3n) is 3.94. The van der Waals surface area contributed by atoms with E-state index in [1.807, 2.05) is 13.0 Å². The van der Waals surface area contributed by atoms with Crippen molar-refractivity contribution in [3.05, 3.63) is 35.4 Å². The van der Waals surface area contributed by atoms with Crippen molar-refractivity contribution in [1.82, 2.24) is 24.6 Å². The van der Waals surface area contributed by atoms with Gasteiger partial charge in [-0.2, -0.15) is 5.10 Å². The van der Waals surface area contributed by atoms with E-state index < -0.39 is 6.43 Å². The average Bonchev–Trinajstić information content (AvgIpc) is 3.06. The van der Waals surface area contributed by atoms with Gasteiger partial charge in [0.1, 0.15) is 5.69 Å². The van der Waals surface area contributed by atoms with Crippen LogP contribution in [0.2, 0.25) is 0 Å². The van der Waals surface area contributed by atoms with Gasteiger partial charge in [0.15, 0.2) is 0 Å². The standard InChI is InChI=1S/C15H20F2N6/c1-10-3-5-18-15(19-10)20-12-4-6-23(9-12)8-11-7-22(2)21-13(11)14(16)17/h3,5,7,12,14H,4,6,8-9H2,1-2H3,(H,18,19,20). The lowest BCUT2D eigenvalue weighted by Gasteiger charge is -2.16. The van der Waals surface area contributed by atoms with Crippen LogP contribution in [-0.2, 0) is 13.6 Å². The minimum Gasteiger partial charge on any atom is -0.350 e. The molecule has 1 saturated heterocycles. The molecular formula is C15H20F2N6.